The van der Waals surface area contributed by atoms with Gasteiger partial charge in [-0.2, -0.15) is 0 Å². The molecule has 11 fully saturated rings. The van der Waals surface area contributed by atoms with Crippen molar-refractivity contribution in [3.05, 3.63) is 0 Å². The minimum atomic E-state index is -2.62. The third-order valence-electron chi connectivity index (χ3n) is 16.8. The molecule has 10 heterocycles. The molecule has 0 bridgehead atoms. The van der Waals surface area contributed by atoms with Gasteiger partial charge in [0.2, 0.25) is 0 Å². The van der Waals surface area contributed by atoms with Gasteiger partial charge in [-0.05, 0) is 0 Å². The molecule has 1 heteroatoms. The molecule has 0 aromatic heterocycles. The predicted molar refractivity (Wildman–Crippen MR) is 58.4 cm³/mol. The first kappa shape index (κ1) is 5.66. The Balaban J connectivity index is 1.62. The van der Waals surface area contributed by atoms with Gasteiger partial charge in [0, 0.05) is 0 Å². The van der Waals surface area contributed by atoms with E-state index in [0.717, 1.165) is 0 Å². The number of hydrogen-bond acceptors (Lipinski definition) is 0. The third kappa shape index (κ3) is 0.0517. The first-order valence-corrected chi connectivity index (χ1v) is 14.2. The molecule has 10 aliphatic heterocycles. The summed E-state index contributed by atoms with van der Waals surface area (Å²) < 4.78 is 1.27. The zero-order chi connectivity index (χ0) is 9.42. The van der Waals surface area contributed by atoms with Crippen molar-refractivity contribution in [1.29, 1.82) is 0 Å². The summed E-state index contributed by atoms with van der Waals surface area (Å²) in [5.41, 5.74) is 0. The quantitative estimate of drug-likeness (QED) is 0.581. The van der Waals surface area contributed by atoms with E-state index in [1.807, 2.05) is 0 Å². The summed E-state index contributed by atoms with van der Waals surface area (Å²) >= 11 is 0. The Kier molecular flexibility index (Phi) is 0.158. The molecule has 86 valence electrons. The summed E-state index contributed by atoms with van der Waals surface area (Å²) in [4.78, 5) is 14.2. The minimum absolute atomic E-state index is 1.27. The Morgan fingerprint density at radius 3 is 1.50 bits per heavy atom. The fraction of sp³-hybridized carbons (Fsp3) is 1.00. The van der Waals surface area contributed by atoms with Crippen LogP contribution in [0.4, 0.5) is 0 Å². The molecule has 4 atom stereocenters. The molecule has 1 spiro atoms. The average Bonchev–Trinajstić information content (AvgIpc) is 3.20. The van der Waals surface area contributed by atoms with Crippen LogP contribution in [0.3, 0.4) is 0 Å². The SMILES string of the molecule is C1CCC([C]23[CH]4[CH]5[CH]6[CH]2[Fe]56432789[CH]3[CH]2[CH]7[CH]8[CH]39)C1. The molecule has 0 aromatic rings. The van der Waals surface area contributed by atoms with Gasteiger partial charge in [-0.15, -0.1) is 0 Å². The summed E-state index contributed by atoms with van der Waals surface area (Å²) in [6, 6.07) is 0. The second-order valence-electron chi connectivity index (χ2n) is 11.7. The molecule has 0 amide bonds. The second kappa shape index (κ2) is 0.447. The van der Waals surface area contributed by atoms with Crippen molar-refractivity contribution in [2.24, 2.45) is 5.92 Å². The Morgan fingerprint density at radius 2 is 1.19 bits per heavy atom. The van der Waals surface area contributed by atoms with Gasteiger partial charge in [0.05, 0.1) is 0 Å². The van der Waals surface area contributed by atoms with E-state index in [-0.39, 0.29) is 0 Å². The van der Waals surface area contributed by atoms with Crippen LogP contribution in [0.1, 0.15) is 25.7 Å². The van der Waals surface area contributed by atoms with Crippen molar-refractivity contribution in [3.63, 3.8) is 0 Å². The van der Waals surface area contributed by atoms with Crippen molar-refractivity contribution >= 4 is 0 Å². The van der Waals surface area contributed by atoms with Gasteiger partial charge in [0.1, 0.15) is 0 Å². The molecule has 16 heavy (non-hydrogen) atoms. The maximum atomic E-state index is 1.71. The molecular formula is C15H18Fe. The van der Waals surface area contributed by atoms with Gasteiger partial charge in [-0.1, -0.05) is 0 Å². The van der Waals surface area contributed by atoms with Gasteiger partial charge in [-0.3, -0.25) is 0 Å². The molecular weight excluding hydrogens is 236 g/mol. The van der Waals surface area contributed by atoms with E-state index in [9.17, 15) is 0 Å². The Labute approximate surface area is 85.8 Å². The normalized spacial score (nSPS) is 132. The van der Waals surface area contributed by atoms with E-state index in [1.54, 1.807) is 69.0 Å². The average molecular weight is 254 g/mol. The Bertz CT molecular complexity index is 853. The fourth-order valence-electron chi connectivity index (χ4n) is 18.9. The molecule has 1 aliphatic carbocycles. The van der Waals surface area contributed by atoms with Crippen molar-refractivity contribution in [3.8, 4) is 0 Å². The first-order valence-electron chi connectivity index (χ1n) is 7.86. The summed E-state index contributed by atoms with van der Waals surface area (Å²) in [6.07, 6.45) is 6.68. The molecule has 11 rings (SSSR count). The van der Waals surface area contributed by atoms with Crippen LogP contribution in [-0.4, -0.2) is 0 Å². The second-order valence-corrected chi connectivity index (χ2v) is 35.3. The molecule has 4 unspecified atom stereocenters. The number of rotatable bonds is 1. The van der Waals surface area contributed by atoms with Gasteiger partial charge >= 0.3 is 85.8 Å². The summed E-state index contributed by atoms with van der Waals surface area (Å²) in [6.45, 7) is -2.62. The van der Waals surface area contributed by atoms with Crippen molar-refractivity contribution in [2.75, 3.05) is 0 Å². The zero-order valence-corrected chi connectivity index (χ0v) is 10.6. The van der Waals surface area contributed by atoms with E-state index >= 15 is 0 Å². The number of fused-ring (bicyclic) bond motifs is 10. The predicted octanol–water partition coefficient (Wildman–Crippen LogP) is 4.94. The van der Waals surface area contributed by atoms with Crippen LogP contribution in [0.25, 0.3) is 0 Å². The van der Waals surface area contributed by atoms with Crippen LogP contribution >= 0.6 is 0 Å². The van der Waals surface area contributed by atoms with Crippen molar-refractivity contribution in [1.82, 2.24) is 0 Å². The van der Waals surface area contributed by atoms with Crippen LogP contribution in [-0.2, 0) is 6.51 Å². The van der Waals surface area contributed by atoms with Crippen LogP contribution in [0.15, 0.2) is 0 Å². The molecule has 0 nitrogen and oxygen atoms in total. The first-order chi connectivity index (χ1) is 7.65. The Hall–Kier alpha value is 0.519. The Morgan fingerprint density at radius 1 is 0.688 bits per heavy atom. The zero-order valence-electron chi connectivity index (χ0n) is 9.46. The van der Waals surface area contributed by atoms with Crippen molar-refractivity contribution in [2.45, 2.75) is 73.3 Å². The van der Waals surface area contributed by atoms with E-state index in [2.05, 4.69) is 0 Å². The van der Waals surface area contributed by atoms with Crippen LogP contribution in [0.2, 0.25) is 47.7 Å². The summed E-state index contributed by atoms with van der Waals surface area (Å²) in [5.74, 6) is 1.35. The molecule has 0 N–H and O–H groups in total. The van der Waals surface area contributed by atoms with E-state index in [4.69, 9.17) is 0 Å². The standard InChI is InChI=1S/C10H13.C5H5.Fe/c1-2-6-9(5-1)10-7-3-4-8-10;1-2-4-5-3-1;/h1-2,5-6,10H,3-4,7-8H2;1-5H;. The fourth-order valence-corrected chi connectivity index (χ4v) is 94.6. The molecule has 0 radical (unpaired) electrons. The summed E-state index contributed by atoms with van der Waals surface area (Å²) in [7, 11) is 0. The monoisotopic (exact) mass is 254 g/mol. The maximum absolute atomic E-state index is 2.62. The van der Waals surface area contributed by atoms with E-state index in [0.29, 0.717) is 0 Å². The molecule has 1 saturated carbocycles. The van der Waals surface area contributed by atoms with Gasteiger partial charge in [0.25, 0.3) is 0 Å². The van der Waals surface area contributed by atoms with Crippen LogP contribution < -0.4 is 0 Å². The molecule has 11 aliphatic rings. The van der Waals surface area contributed by atoms with Crippen LogP contribution in [0.5, 0.6) is 0 Å². The van der Waals surface area contributed by atoms with Gasteiger partial charge in [0.15, 0.2) is 0 Å². The van der Waals surface area contributed by atoms with Gasteiger partial charge < -0.3 is 0 Å². The summed E-state index contributed by atoms with van der Waals surface area (Å²) in [5, 5.41) is 0. The third-order valence-corrected chi connectivity index (χ3v) is 59.5. The molecule has 10 saturated heterocycles. The van der Waals surface area contributed by atoms with Crippen molar-refractivity contribution < 1.29 is 6.51 Å². The van der Waals surface area contributed by atoms with E-state index in [1.165, 1.54) is 10.2 Å². The molecule has 0 aromatic carbocycles. The van der Waals surface area contributed by atoms with Crippen LogP contribution in [0, 0.1) is 5.92 Å². The van der Waals surface area contributed by atoms with E-state index < -0.39 is 6.51 Å². The van der Waals surface area contributed by atoms with Gasteiger partial charge in [-0.25, -0.2) is 0 Å². The topological polar surface area (TPSA) is 0 Å². The number of hydrogen-bond donors (Lipinski definition) is 0.